The van der Waals surface area contributed by atoms with E-state index in [-0.39, 0.29) is 12.1 Å². The summed E-state index contributed by atoms with van der Waals surface area (Å²) in [5, 5.41) is 9.36. The first-order chi connectivity index (χ1) is 13.6. The number of nitrogens with zero attached hydrogens (tertiary/aromatic N) is 1. The summed E-state index contributed by atoms with van der Waals surface area (Å²) in [5.74, 6) is 1.45. The van der Waals surface area contributed by atoms with E-state index in [1.54, 1.807) is 25.6 Å². The molecule has 2 heterocycles. The van der Waals surface area contributed by atoms with E-state index in [0.717, 1.165) is 37.7 Å². The Balaban J connectivity index is 1.71. The molecular weight excluding hydrogens is 394 g/mol. The van der Waals surface area contributed by atoms with Crippen molar-refractivity contribution in [2.45, 2.75) is 19.0 Å². The van der Waals surface area contributed by atoms with Gasteiger partial charge in [-0.3, -0.25) is 4.90 Å². The molecule has 6 nitrogen and oxygen atoms in total. The van der Waals surface area contributed by atoms with Crippen LogP contribution in [0.25, 0.3) is 0 Å². The first kappa shape index (κ1) is 20.9. The van der Waals surface area contributed by atoms with Crippen molar-refractivity contribution in [3.05, 3.63) is 40.6 Å². The number of thiocarbonyl (C=S) groups is 1. The summed E-state index contributed by atoms with van der Waals surface area (Å²) < 4.78 is 16.3. The van der Waals surface area contributed by atoms with Gasteiger partial charge in [0.1, 0.15) is 11.5 Å². The Morgan fingerprint density at radius 1 is 1.21 bits per heavy atom. The molecule has 1 aromatic carbocycles. The van der Waals surface area contributed by atoms with E-state index in [2.05, 4.69) is 40.0 Å². The molecule has 3 rings (SSSR count). The fraction of sp³-hybridized carbons (Fsp3) is 0.450. The summed E-state index contributed by atoms with van der Waals surface area (Å²) in [6.07, 6.45) is 0. The third-order valence-electron chi connectivity index (χ3n) is 4.76. The highest BCUT2D eigenvalue weighted by atomic mass is 32.1. The van der Waals surface area contributed by atoms with Crippen LogP contribution in [0.15, 0.2) is 35.7 Å². The zero-order chi connectivity index (χ0) is 19.9. The van der Waals surface area contributed by atoms with E-state index in [1.165, 1.54) is 4.88 Å². The van der Waals surface area contributed by atoms with Gasteiger partial charge in [0, 0.05) is 30.1 Å². The number of ether oxygens (including phenoxy) is 3. The number of hydrogen-bond acceptors (Lipinski definition) is 6. The van der Waals surface area contributed by atoms with Gasteiger partial charge in [0.2, 0.25) is 0 Å². The Bertz CT molecular complexity index is 764. The van der Waals surface area contributed by atoms with Crippen molar-refractivity contribution in [3.63, 3.8) is 0 Å². The van der Waals surface area contributed by atoms with Crippen LogP contribution >= 0.6 is 23.6 Å². The van der Waals surface area contributed by atoms with Crippen LogP contribution in [-0.4, -0.2) is 56.6 Å². The fourth-order valence-corrected chi connectivity index (χ4v) is 4.67. The van der Waals surface area contributed by atoms with Gasteiger partial charge in [-0.15, -0.1) is 11.3 Å². The summed E-state index contributed by atoms with van der Waals surface area (Å²) >= 11 is 7.36. The van der Waals surface area contributed by atoms with E-state index in [1.807, 2.05) is 18.2 Å². The standard InChI is InChI=1S/C20H27N3O3S2/c1-14(19(18-5-4-12-28-18)23-8-10-26-11-9-23)21-20(27)22-16-13-15(24-2)6-7-17(16)25-3/h4-7,12-14,19H,8-11H2,1-3H3,(H2,21,22,27)/t14-,19+/m1/s1. The Morgan fingerprint density at radius 3 is 2.64 bits per heavy atom. The van der Waals surface area contributed by atoms with Gasteiger partial charge in [0.15, 0.2) is 5.11 Å². The number of methoxy groups -OCH3 is 2. The van der Waals surface area contributed by atoms with Crippen molar-refractivity contribution < 1.29 is 14.2 Å². The maximum Gasteiger partial charge on any atom is 0.171 e. The van der Waals surface area contributed by atoms with Crippen LogP contribution in [0.2, 0.25) is 0 Å². The van der Waals surface area contributed by atoms with Crippen LogP contribution < -0.4 is 20.1 Å². The molecule has 0 spiro atoms. The molecule has 0 aliphatic carbocycles. The van der Waals surface area contributed by atoms with Crippen molar-refractivity contribution in [3.8, 4) is 11.5 Å². The molecule has 1 aliphatic rings. The maximum absolute atomic E-state index is 5.59. The summed E-state index contributed by atoms with van der Waals surface area (Å²) in [6, 6.07) is 10.2. The Kier molecular flexibility index (Phi) is 7.50. The number of thiophene rings is 1. The molecule has 0 amide bonds. The SMILES string of the molecule is COc1ccc(OC)c(NC(=S)N[C@H](C)[C@@H](c2cccs2)N2CCOCC2)c1. The third-order valence-corrected chi connectivity index (χ3v) is 5.92. The quantitative estimate of drug-likeness (QED) is 0.664. The first-order valence-corrected chi connectivity index (χ1v) is 10.6. The molecule has 0 radical (unpaired) electrons. The summed E-state index contributed by atoms with van der Waals surface area (Å²) in [6.45, 7) is 5.52. The van der Waals surface area contributed by atoms with Crippen LogP contribution in [0.1, 0.15) is 17.8 Å². The smallest absolute Gasteiger partial charge is 0.171 e. The van der Waals surface area contributed by atoms with Crippen LogP contribution in [0, 0.1) is 0 Å². The van der Waals surface area contributed by atoms with Gasteiger partial charge in [-0.2, -0.15) is 0 Å². The highest BCUT2D eigenvalue weighted by molar-refractivity contribution is 7.80. The fourth-order valence-electron chi connectivity index (χ4n) is 3.41. The van der Waals surface area contributed by atoms with Gasteiger partial charge >= 0.3 is 0 Å². The third kappa shape index (κ3) is 5.14. The lowest BCUT2D eigenvalue weighted by Gasteiger charge is -2.38. The van der Waals surface area contributed by atoms with Crippen molar-refractivity contribution in [1.82, 2.24) is 10.2 Å². The highest BCUT2D eigenvalue weighted by Crippen LogP contribution is 2.30. The second-order valence-electron chi connectivity index (χ2n) is 6.56. The lowest BCUT2D eigenvalue weighted by atomic mass is 10.1. The molecule has 1 aliphatic heterocycles. The molecule has 1 saturated heterocycles. The van der Waals surface area contributed by atoms with Crippen molar-refractivity contribution in [2.75, 3.05) is 45.8 Å². The molecule has 28 heavy (non-hydrogen) atoms. The number of morpholine rings is 1. The lowest BCUT2D eigenvalue weighted by Crippen LogP contribution is -2.49. The van der Waals surface area contributed by atoms with E-state index < -0.39 is 0 Å². The van der Waals surface area contributed by atoms with Gasteiger partial charge in [-0.1, -0.05) is 6.07 Å². The molecule has 0 saturated carbocycles. The second kappa shape index (κ2) is 10.1. The number of nitrogens with one attached hydrogen (secondary N) is 2. The zero-order valence-corrected chi connectivity index (χ0v) is 18.1. The molecule has 0 bridgehead atoms. The highest BCUT2D eigenvalue weighted by Gasteiger charge is 2.29. The van der Waals surface area contributed by atoms with Crippen LogP contribution in [-0.2, 0) is 4.74 Å². The molecule has 8 heteroatoms. The average molecular weight is 422 g/mol. The second-order valence-corrected chi connectivity index (χ2v) is 7.95. The average Bonchev–Trinajstić information content (AvgIpc) is 3.23. The van der Waals surface area contributed by atoms with Gasteiger partial charge in [-0.05, 0) is 42.7 Å². The predicted molar refractivity (Wildman–Crippen MR) is 118 cm³/mol. The summed E-state index contributed by atoms with van der Waals surface area (Å²) in [7, 11) is 3.27. The van der Waals surface area contributed by atoms with Crippen LogP contribution in [0.5, 0.6) is 11.5 Å². The minimum Gasteiger partial charge on any atom is -0.497 e. The minimum absolute atomic E-state index is 0.119. The summed E-state index contributed by atoms with van der Waals surface area (Å²) in [5.41, 5.74) is 0.769. The monoisotopic (exact) mass is 421 g/mol. The molecule has 2 N–H and O–H groups in total. The van der Waals surface area contributed by atoms with Gasteiger partial charge in [0.05, 0.1) is 39.2 Å². The molecule has 2 aromatic rings. The Morgan fingerprint density at radius 2 is 2.00 bits per heavy atom. The number of anilines is 1. The molecule has 152 valence electrons. The Labute approximate surface area is 175 Å². The van der Waals surface area contributed by atoms with Crippen molar-refractivity contribution in [2.24, 2.45) is 0 Å². The van der Waals surface area contributed by atoms with Crippen molar-refractivity contribution in [1.29, 1.82) is 0 Å². The van der Waals surface area contributed by atoms with Crippen LogP contribution in [0.3, 0.4) is 0 Å². The number of rotatable bonds is 7. The largest absolute Gasteiger partial charge is 0.497 e. The topological polar surface area (TPSA) is 55.0 Å². The summed E-state index contributed by atoms with van der Waals surface area (Å²) in [4.78, 5) is 3.78. The van der Waals surface area contributed by atoms with E-state index in [0.29, 0.717) is 10.9 Å². The van der Waals surface area contributed by atoms with Gasteiger partial charge in [-0.25, -0.2) is 0 Å². The van der Waals surface area contributed by atoms with E-state index >= 15 is 0 Å². The lowest BCUT2D eigenvalue weighted by molar-refractivity contribution is 0.0110. The first-order valence-electron chi connectivity index (χ1n) is 9.27. The van der Waals surface area contributed by atoms with Gasteiger partial charge in [0.25, 0.3) is 0 Å². The van der Waals surface area contributed by atoms with E-state index in [9.17, 15) is 0 Å². The normalized spacial score (nSPS) is 16.8. The number of benzene rings is 1. The number of hydrogen-bond donors (Lipinski definition) is 2. The molecule has 2 atom stereocenters. The minimum atomic E-state index is 0.119. The van der Waals surface area contributed by atoms with E-state index in [4.69, 9.17) is 26.4 Å². The maximum atomic E-state index is 5.59. The molecule has 1 aromatic heterocycles. The van der Waals surface area contributed by atoms with Crippen molar-refractivity contribution >= 4 is 34.4 Å². The molecule has 1 fully saturated rings. The molecule has 0 unspecified atom stereocenters. The zero-order valence-electron chi connectivity index (χ0n) is 16.4. The van der Waals surface area contributed by atoms with Gasteiger partial charge < -0.3 is 24.8 Å². The molecular formula is C20H27N3O3S2. The Hall–Kier alpha value is -1.87. The van der Waals surface area contributed by atoms with Crippen LogP contribution in [0.4, 0.5) is 5.69 Å². The predicted octanol–water partition coefficient (Wildman–Crippen LogP) is 3.51.